The number of hydrogen-bond donors (Lipinski definition) is 3. The molecule has 1 aromatic rings. The fraction of sp³-hybridized carbons (Fsp3) is 0.500. The van der Waals surface area contributed by atoms with E-state index in [0.29, 0.717) is 12.1 Å². The van der Waals surface area contributed by atoms with Crippen LogP contribution in [0.4, 0.5) is 5.69 Å². The van der Waals surface area contributed by atoms with Crippen molar-refractivity contribution in [2.75, 3.05) is 5.32 Å². The van der Waals surface area contributed by atoms with Gasteiger partial charge in [-0.05, 0) is 38.0 Å². The van der Waals surface area contributed by atoms with Crippen molar-refractivity contribution in [3.05, 3.63) is 29.3 Å². The Morgan fingerprint density at radius 2 is 1.94 bits per heavy atom. The summed E-state index contributed by atoms with van der Waals surface area (Å²) >= 11 is 0. The van der Waals surface area contributed by atoms with E-state index in [2.05, 4.69) is 5.32 Å². The van der Waals surface area contributed by atoms with E-state index in [1.165, 1.54) is 0 Å². The van der Waals surface area contributed by atoms with Crippen LogP contribution >= 0.6 is 0 Å². The van der Waals surface area contributed by atoms with Gasteiger partial charge in [-0.2, -0.15) is 0 Å². The number of anilines is 1. The van der Waals surface area contributed by atoms with E-state index >= 15 is 0 Å². The summed E-state index contributed by atoms with van der Waals surface area (Å²) in [6.07, 6.45) is -0.553. The molecule has 2 unspecified atom stereocenters. The lowest BCUT2D eigenvalue weighted by molar-refractivity contribution is -0.117. The predicted octanol–water partition coefficient (Wildman–Crippen LogP) is 1.63. The highest BCUT2D eigenvalue weighted by atomic mass is 16.3. The Balaban J connectivity index is 2.84. The van der Waals surface area contributed by atoms with Gasteiger partial charge in [0.05, 0.1) is 18.6 Å². The van der Waals surface area contributed by atoms with Gasteiger partial charge in [0, 0.05) is 12.1 Å². The van der Waals surface area contributed by atoms with E-state index in [-0.39, 0.29) is 12.3 Å². The molecular formula is C14H21NO3. The van der Waals surface area contributed by atoms with Crippen LogP contribution in [0.2, 0.25) is 0 Å². The van der Waals surface area contributed by atoms with Crippen molar-refractivity contribution >= 4 is 11.6 Å². The Morgan fingerprint density at radius 1 is 1.28 bits per heavy atom. The summed E-state index contributed by atoms with van der Waals surface area (Å²) in [6, 6.07) is 5.72. The lowest BCUT2D eigenvalue weighted by Crippen LogP contribution is -2.19. The molecule has 0 radical (unpaired) electrons. The Kier molecular flexibility index (Phi) is 5.31. The molecule has 0 saturated carbocycles. The van der Waals surface area contributed by atoms with Gasteiger partial charge in [-0.3, -0.25) is 4.79 Å². The first-order chi connectivity index (χ1) is 8.38. The molecule has 18 heavy (non-hydrogen) atoms. The van der Waals surface area contributed by atoms with E-state index in [0.717, 1.165) is 11.1 Å². The number of carbonyl (C=O) groups is 1. The third kappa shape index (κ3) is 4.85. The number of hydrogen-bond acceptors (Lipinski definition) is 3. The van der Waals surface area contributed by atoms with Crippen molar-refractivity contribution in [2.24, 2.45) is 0 Å². The van der Waals surface area contributed by atoms with Crippen LogP contribution in [-0.2, 0) is 11.2 Å². The monoisotopic (exact) mass is 251 g/mol. The van der Waals surface area contributed by atoms with E-state index in [4.69, 9.17) is 5.11 Å². The first-order valence-electron chi connectivity index (χ1n) is 6.14. The summed E-state index contributed by atoms with van der Waals surface area (Å²) in [4.78, 5) is 11.6. The standard InChI is InChI=1S/C14H21NO3/c1-9-4-5-12(7-10(2)16)13(6-9)15-14(18)8-11(3)17/h4-6,10-11,16-17H,7-8H2,1-3H3,(H,15,18). The number of aliphatic hydroxyl groups excluding tert-OH is 2. The highest BCUT2D eigenvalue weighted by molar-refractivity contribution is 5.91. The smallest absolute Gasteiger partial charge is 0.226 e. The topological polar surface area (TPSA) is 69.6 Å². The van der Waals surface area contributed by atoms with Crippen LogP contribution in [0.25, 0.3) is 0 Å². The Morgan fingerprint density at radius 3 is 2.50 bits per heavy atom. The van der Waals surface area contributed by atoms with Gasteiger partial charge >= 0.3 is 0 Å². The second-order valence-electron chi connectivity index (χ2n) is 4.82. The van der Waals surface area contributed by atoms with Gasteiger partial charge in [0.2, 0.25) is 5.91 Å². The lowest BCUT2D eigenvalue weighted by atomic mass is 10.0. The van der Waals surface area contributed by atoms with Gasteiger partial charge in [-0.15, -0.1) is 0 Å². The molecule has 0 bridgehead atoms. The summed E-state index contributed by atoms with van der Waals surface area (Å²) in [7, 11) is 0. The number of carbonyl (C=O) groups excluding carboxylic acids is 1. The molecule has 0 aliphatic carbocycles. The molecule has 0 aliphatic heterocycles. The second kappa shape index (κ2) is 6.52. The maximum Gasteiger partial charge on any atom is 0.226 e. The van der Waals surface area contributed by atoms with E-state index in [9.17, 15) is 9.90 Å². The molecule has 0 saturated heterocycles. The molecule has 0 aliphatic rings. The largest absolute Gasteiger partial charge is 0.393 e. The maximum atomic E-state index is 11.6. The molecule has 2 atom stereocenters. The zero-order valence-electron chi connectivity index (χ0n) is 11.1. The van der Waals surface area contributed by atoms with Crippen molar-refractivity contribution in [3.63, 3.8) is 0 Å². The van der Waals surface area contributed by atoms with Crippen molar-refractivity contribution in [1.29, 1.82) is 0 Å². The van der Waals surface area contributed by atoms with E-state index in [1.807, 2.05) is 25.1 Å². The molecule has 1 rings (SSSR count). The molecular weight excluding hydrogens is 230 g/mol. The number of benzene rings is 1. The van der Waals surface area contributed by atoms with Gasteiger partial charge in [0.25, 0.3) is 0 Å². The predicted molar refractivity (Wildman–Crippen MR) is 71.5 cm³/mol. The second-order valence-corrected chi connectivity index (χ2v) is 4.82. The summed E-state index contributed by atoms with van der Waals surface area (Å²) in [5.74, 6) is -0.220. The van der Waals surface area contributed by atoms with Gasteiger partial charge in [0.15, 0.2) is 0 Å². The minimum absolute atomic E-state index is 0.0715. The zero-order chi connectivity index (χ0) is 13.7. The summed E-state index contributed by atoms with van der Waals surface area (Å²) in [5, 5.41) is 21.4. The fourth-order valence-electron chi connectivity index (χ4n) is 1.77. The number of amides is 1. The van der Waals surface area contributed by atoms with Crippen molar-refractivity contribution in [1.82, 2.24) is 0 Å². The molecule has 4 heteroatoms. The highest BCUT2D eigenvalue weighted by Gasteiger charge is 2.11. The summed E-state index contributed by atoms with van der Waals surface area (Å²) in [5.41, 5.74) is 2.65. The Hall–Kier alpha value is -1.39. The van der Waals surface area contributed by atoms with Gasteiger partial charge in [-0.1, -0.05) is 12.1 Å². The average molecular weight is 251 g/mol. The highest BCUT2D eigenvalue weighted by Crippen LogP contribution is 2.19. The lowest BCUT2D eigenvalue weighted by Gasteiger charge is -2.14. The van der Waals surface area contributed by atoms with Gasteiger partial charge in [-0.25, -0.2) is 0 Å². The van der Waals surface area contributed by atoms with Crippen LogP contribution < -0.4 is 5.32 Å². The Bertz CT molecular complexity index is 414. The van der Waals surface area contributed by atoms with Crippen LogP contribution in [0, 0.1) is 6.92 Å². The quantitative estimate of drug-likeness (QED) is 0.745. The van der Waals surface area contributed by atoms with Crippen molar-refractivity contribution in [3.8, 4) is 0 Å². The zero-order valence-corrected chi connectivity index (χ0v) is 11.1. The van der Waals surface area contributed by atoms with Gasteiger partial charge < -0.3 is 15.5 Å². The first kappa shape index (κ1) is 14.7. The van der Waals surface area contributed by atoms with Crippen molar-refractivity contribution < 1.29 is 15.0 Å². The molecule has 1 amide bonds. The number of aryl methyl sites for hydroxylation is 1. The minimum Gasteiger partial charge on any atom is -0.393 e. The minimum atomic E-state index is -0.657. The van der Waals surface area contributed by atoms with Crippen LogP contribution in [-0.4, -0.2) is 28.3 Å². The van der Waals surface area contributed by atoms with Gasteiger partial charge in [0.1, 0.15) is 0 Å². The molecule has 0 heterocycles. The summed E-state index contributed by atoms with van der Waals surface area (Å²) < 4.78 is 0. The Labute approximate surface area is 108 Å². The fourth-order valence-corrected chi connectivity index (χ4v) is 1.77. The average Bonchev–Trinajstić information content (AvgIpc) is 2.20. The third-order valence-corrected chi connectivity index (χ3v) is 2.54. The first-order valence-corrected chi connectivity index (χ1v) is 6.14. The molecule has 0 fully saturated rings. The number of rotatable bonds is 5. The normalized spacial score (nSPS) is 14.1. The van der Waals surface area contributed by atoms with Crippen LogP contribution in [0.3, 0.4) is 0 Å². The molecule has 100 valence electrons. The molecule has 1 aromatic carbocycles. The van der Waals surface area contributed by atoms with E-state index in [1.54, 1.807) is 13.8 Å². The van der Waals surface area contributed by atoms with Crippen molar-refractivity contribution in [2.45, 2.75) is 45.8 Å². The molecule has 0 spiro atoms. The number of aliphatic hydroxyl groups is 2. The third-order valence-electron chi connectivity index (χ3n) is 2.54. The van der Waals surface area contributed by atoms with Crippen LogP contribution in [0.15, 0.2) is 18.2 Å². The molecule has 3 N–H and O–H groups in total. The SMILES string of the molecule is Cc1ccc(CC(C)O)c(NC(=O)CC(C)O)c1. The molecule has 0 aromatic heterocycles. The number of nitrogens with one attached hydrogen (secondary N) is 1. The summed E-state index contributed by atoms with van der Waals surface area (Å²) in [6.45, 7) is 5.23. The van der Waals surface area contributed by atoms with Crippen LogP contribution in [0.5, 0.6) is 0 Å². The maximum absolute atomic E-state index is 11.6. The van der Waals surface area contributed by atoms with Crippen LogP contribution in [0.1, 0.15) is 31.4 Å². The molecule has 4 nitrogen and oxygen atoms in total. The van der Waals surface area contributed by atoms with E-state index < -0.39 is 12.2 Å².